The highest BCUT2D eigenvalue weighted by Crippen LogP contribution is 2.29. The molecule has 0 saturated carbocycles. The summed E-state index contributed by atoms with van der Waals surface area (Å²) >= 11 is 0. The minimum Gasteiger partial charge on any atom is -0.337 e. The van der Waals surface area contributed by atoms with Crippen molar-refractivity contribution in [3.05, 3.63) is 77.7 Å². The number of urea groups is 1. The minimum absolute atomic E-state index is 0.0392. The van der Waals surface area contributed by atoms with Gasteiger partial charge >= 0.3 is 6.03 Å². The molecule has 3 amide bonds. The Morgan fingerprint density at radius 2 is 2.06 bits per heavy atom. The van der Waals surface area contributed by atoms with Gasteiger partial charge in [0.15, 0.2) is 0 Å². The summed E-state index contributed by atoms with van der Waals surface area (Å²) in [5, 5.41) is 2.85. The normalized spacial score (nSPS) is 21.0. The number of aromatic nitrogens is 2. The summed E-state index contributed by atoms with van der Waals surface area (Å²) in [4.78, 5) is 38.0. The van der Waals surface area contributed by atoms with Crippen LogP contribution in [0.15, 0.2) is 71.3 Å². The van der Waals surface area contributed by atoms with E-state index in [2.05, 4.69) is 27.4 Å². The Morgan fingerprint density at radius 1 is 1.20 bits per heavy atom. The number of halogens is 1. The molecule has 1 saturated heterocycles. The van der Waals surface area contributed by atoms with Gasteiger partial charge in [-0.05, 0) is 49.0 Å². The van der Waals surface area contributed by atoms with Gasteiger partial charge in [0.2, 0.25) is 5.91 Å². The molecule has 3 aliphatic rings. The molecule has 5 rings (SSSR count). The maximum Gasteiger partial charge on any atom is 0.323 e. The van der Waals surface area contributed by atoms with E-state index in [4.69, 9.17) is 0 Å². The van der Waals surface area contributed by atoms with Crippen LogP contribution in [0.2, 0.25) is 0 Å². The van der Waals surface area contributed by atoms with Crippen LogP contribution in [0.5, 0.6) is 0 Å². The number of aliphatic imine (C=N–C) groups is 1. The summed E-state index contributed by atoms with van der Waals surface area (Å²) in [5.41, 5.74) is 3.44. The maximum atomic E-state index is 13.6. The quantitative estimate of drug-likeness (QED) is 0.665. The monoisotopic (exact) mass is 476 g/mol. The van der Waals surface area contributed by atoms with Crippen molar-refractivity contribution in [2.75, 3.05) is 26.2 Å². The Labute approximate surface area is 203 Å². The molecule has 1 unspecified atom stereocenters. The van der Waals surface area contributed by atoms with Crippen LogP contribution in [0, 0.1) is 5.82 Å². The van der Waals surface area contributed by atoms with Crippen molar-refractivity contribution in [1.29, 1.82) is 0 Å². The van der Waals surface area contributed by atoms with Gasteiger partial charge in [-0.25, -0.2) is 14.2 Å². The molecule has 1 atom stereocenters. The molecule has 0 spiro atoms. The minimum atomic E-state index is -0.490. The van der Waals surface area contributed by atoms with E-state index in [1.807, 2.05) is 15.7 Å². The average Bonchev–Trinajstić information content (AvgIpc) is 3.51. The second-order valence-corrected chi connectivity index (χ2v) is 9.07. The Bertz CT molecular complexity index is 1170. The van der Waals surface area contributed by atoms with E-state index in [0.717, 1.165) is 24.8 Å². The van der Waals surface area contributed by atoms with Gasteiger partial charge < -0.3 is 14.4 Å². The molecule has 9 heteroatoms. The van der Waals surface area contributed by atoms with Crippen molar-refractivity contribution >= 4 is 17.8 Å². The smallest absolute Gasteiger partial charge is 0.323 e. The number of amides is 3. The van der Waals surface area contributed by atoms with Gasteiger partial charge in [-0.2, -0.15) is 0 Å². The number of nitrogens with one attached hydrogen (secondary N) is 1. The number of allylic oxidation sites excluding steroid dienone is 1. The molecule has 2 aliphatic heterocycles. The van der Waals surface area contributed by atoms with Crippen molar-refractivity contribution in [3.8, 4) is 0 Å². The van der Waals surface area contributed by atoms with Gasteiger partial charge in [-0.1, -0.05) is 29.9 Å². The number of hydrogen-bond donors (Lipinski definition) is 1. The van der Waals surface area contributed by atoms with Crippen LogP contribution in [0.1, 0.15) is 37.3 Å². The third-order valence-electron chi connectivity index (χ3n) is 6.79. The standard InChI is InChI=1S/C26H29FN6O2/c27-22-8-6-20(7-9-22)24-25(30-26(35)33(24)13-3-12-31-15-11-28-18-31)29-16-23(34)32-14-10-19-4-1-2-5-21(19)17-32/h2,5-9,11,15,18,24H,1,3-4,10,12-14,16-17H2,(H,29,30,35). The fourth-order valence-corrected chi connectivity index (χ4v) is 4.93. The zero-order chi connectivity index (χ0) is 24.2. The Hall–Kier alpha value is -3.75. The van der Waals surface area contributed by atoms with E-state index in [1.165, 1.54) is 23.3 Å². The number of amidine groups is 1. The lowest BCUT2D eigenvalue weighted by molar-refractivity contribution is -0.129. The highest BCUT2D eigenvalue weighted by atomic mass is 19.1. The van der Waals surface area contributed by atoms with Crippen molar-refractivity contribution < 1.29 is 14.0 Å². The van der Waals surface area contributed by atoms with E-state index in [1.54, 1.807) is 29.6 Å². The van der Waals surface area contributed by atoms with E-state index < -0.39 is 6.04 Å². The van der Waals surface area contributed by atoms with Gasteiger partial charge in [0, 0.05) is 38.6 Å². The van der Waals surface area contributed by atoms with Crippen LogP contribution < -0.4 is 5.32 Å². The Balaban J connectivity index is 1.30. The second-order valence-electron chi connectivity index (χ2n) is 9.07. The van der Waals surface area contributed by atoms with Crippen LogP contribution >= 0.6 is 0 Å². The highest BCUT2D eigenvalue weighted by molar-refractivity contribution is 6.08. The number of benzene rings is 1. The number of carbonyl (C=O) groups excluding carboxylic acids is 2. The molecule has 35 heavy (non-hydrogen) atoms. The van der Waals surface area contributed by atoms with Crippen molar-refractivity contribution in [1.82, 2.24) is 24.7 Å². The first-order valence-corrected chi connectivity index (χ1v) is 12.1. The molecule has 2 aromatic rings. The summed E-state index contributed by atoms with van der Waals surface area (Å²) in [6.07, 6.45) is 13.4. The average molecular weight is 477 g/mol. The molecule has 1 aliphatic carbocycles. The van der Waals surface area contributed by atoms with E-state index in [0.29, 0.717) is 38.4 Å². The van der Waals surface area contributed by atoms with Crippen molar-refractivity contribution in [2.24, 2.45) is 4.99 Å². The SMILES string of the molecule is O=C(CN=C1NC(=O)N(CCCn2ccnc2)C1c1ccc(F)cc1)N1CCC2=C(C=CCC2)C1. The predicted molar refractivity (Wildman–Crippen MR) is 130 cm³/mol. The van der Waals surface area contributed by atoms with Crippen molar-refractivity contribution in [2.45, 2.75) is 38.3 Å². The fourth-order valence-electron chi connectivity index (χ4n) is 4.93. The van der Waals surface area contributed by atoms with Crippen LogP contribution in [0.3, 0.4) is 0 Å². The third kappa shape index (κ3) is 5.18. The fraction of sp³-hybridized carbons (Fsp3) is 0.385. The van der Waals surface area contributed by atoms with Gasteiger partial charge in [0.25, 0.3) is 0 Å². The number of nitrogens with zero attached hydrogens (tertiary/aromatic N) is 5. The molecular formula is C26H29FN6O2. The first-order chi connectivity index (χ1) is 17.1. The van der Waals surface area contributed by atoms with Crippen LogP contribution in [0.25, 0.3) is 0 Å². The summed E-state index contributed by atoms with van der Waals surface area (Å²) < 4.78 is 15.5. The van der Waals surface area contributed by atoms with Crippen LogP contribution in [-0.2, 0) is 11.3 Å². The lowest BCUT2D eigenvalue weighted by atomic mass is 9.92. The van der Waals surface area contributed by atoms with Crippen LogP contribution in [0.4, 0.5) is 9.18 Å². The number of imidazole rings is 1. The zero-order valence-corrected chi connectivity index (χ0v) is 19.6. The molecule has 1 fully saturated rings. The highest BCUT2D eigenvalue weighted by Gasteiger charge is 2.37. The van der Waals surface area contributed by atoms with Crippen molar-refractivity contribution in [3.63, 3.8) is 0 Å². The molecule has 1 aromatic heterocycles. The largest absolute Gasteiger partial charge is 0.337 e. The molecule has 1 N–H and O–H groups in total. The molecule has 1 aromatic carbocycles. The molecule has 0 radical (unpaired) electrons. The summed E-state index contributed by atoms with van der Waals surface area (Å²) in [6, 6.07) is 5.32. The summed E-state index contributed by atoms with van der Waals surface area (Å²) in [5.74, 6) is 0.0163. The first kappa shape index (κ1) is 23.0. The third-order valence-corrected chi connectivity index (χ3v) is 6.79. The zero-order valence-electron chi connectivity index (χ0n) is 19.6. The lowest BCUT2D eigenvalue weighted by Crippen LogP contribution is -2.39. The van der Waals surface area contributed by atoms with Crippen LogP contribution in [-0.4, -0.2) is 63.3 Å². The Morgan fingerprint density at radius 3 is 2.86 bits per heavy atom. The van der Waals surface area contributed by atoms with E-state index >= 15 is 0 Å². The number of carbonyl (C=O) groups is 2. The lowest BCUT2D eigenvalue weighted by Gasteiger charge is -2.31. The Kier molecular flexibility index (Phi) is 6.74. The van der Waals surface area contributed by atoms with Gasteiger partial charge in [0.1, 0.15) is 24.2 Å². The van der Waals surface area contributed by atoms with Gasteiger partial charge in [0.05, 0.1) is 6.33 Å². The number of hydrogen-bond acceptors (Lipinski definition) is 4. The van der Waals surface area contributed by atoms with Gasteiger partial charge in [-0.15, -0.1) is 0 Å². The van der Waals surface area contributed by atoms with E-state index in [-0.39, 0.29) is 24.3 Å². The molecule has 8 nitrogen and oxygen atoms in total. The number of aryl methyl sites for hydroxylation is 1. The molecular weight excluding hydrogens is 447 g/mol. The topological polar surface area (TPSA) is 82.8 Å². The second kappa shape index (κ2) is 10.2. The van der Waals surface area contributed by atoms with E-state index in [9.17, 15) is 14.0 Å². The summed E-state index contributed by atoms with van der Waals surface area (Å²) in [7, 11) is 0. The number of rotatable bonds is 7. The predicted octanol–water partition coefficient (Wildman–Crippen LogP) is 3.46. The molecule has 0 bridgehead atoms. The summed E-state index contributed by atoms with van der Waals surface area (Å²) in [6.45, 7) is 2.47. The van der Waals surface area contributed by atoms with Gasteiger partial charge in [-0.3, -0.25) is 15.1 Å². The molecule has 3 heterocycles. The first-order valence-electron chi connectivity index (χ1n) is 12.1. The maximum absolute atomic E-state index is 13.6. The molecule has 182 valence electrons.